The lowest BCUT2D eigenvalue weighted by atomic mass is 10.0. The van der Waals surface area contributed by atoms with Crippen LogP contribution in [0.2, 0.25) is 0 Å². The van der Waals surface area contributed by atoms with Gasteiger partial charge in [-0.3, -0.25) is 0 Å². The van der Waals surface area contributed by atoms with E-state index in [2.05, 4.69) is 6.92 Å². The van der Waals surface area contributed by atoms with Crippen molar-refractivity contribution in [2.75, 3.05) is 6.61 Å². The number of aliphatic hydroxyl groups excluding tert-OH is 1. The SMILES string of the molecule is CCCCCCCCCCCC(F)CCCCCCCCO. The molecule has 0 fully saturated rings. The first-order valence-corrected chi connectivity index (χ1v) is 10.1. The minimum absolute atomic E-state index is 0.311. The first-order valence-electron chi connectivity index (χ1n) is 10.1. The van der Waals surface area contributed by atoms with E-state index in [0.717, 1.165) is 44.9 Å². The van der Waals surface area contributed by atoms with E-state index < -0.39 is 6.17 Å². The largest absolute Gasteiger partial charge is 0.396 e. The maximum absolute atomic E-state index is 13.7. The number of unbranched alkanes of at least 4 members (excludes halogenated alkanes) is 13. The van der Waals surface area contributed by atoms with Crippen LogP contribution in [0.15, 0.2) is 0 Å². The summed E-state index contributed by atoms with van der Waals surface area (Å²) in [6, 6.07) is 0. The fourth-order valence-electron chi connectivity index (χ4n) is 3.01. The lowest BCUT2D eigenvalue weighted by Gasteiger charge is -2.08. The minimum Gasteiger partial charge on any atom is -0.396 e. The van der Waals surface area contributed by atoms with Gasteiger partial charge >= 0.3 is 0 Å². The normalized spacial score (nSPS) is 12.7. The van der Waals surface area contributed by atoms with Gasteiger partial charge in [-0.25, -0.2) is 4.39 Å². The Morgan fingerprint density at radius 1 is 0.591 bits per heavy atom. The number of rotatable bonds is 18. The standard InChI is InChI=1S/C20H41FO/c1-2-3-4-5-6-7-8-11-14-17-20(21)18-15-12-9-10-13-16-19-22/h20,22H,2-19H2,1H3. The molecule has 1 unspecified atom stereocenters. The Kier molecular flexibility index (Phi) is 18.8. The fourth-order valence-corrected chi connectivity index (χ4v) is 3.01. The summed E-state index contributed by atoms with van der Waals surface area (Å²) >= 11 is 0. The summed E-state index contributed by atoms with van der Waals surface area (Å²) in [5.74, 6) is 0. The van der Waals surface area contributed by atoms with Crippen molar-refractivity contribution in [1.29, 1.82) is 0 Å². The van der Waals surface area contributed by atoms with Gasteiger partial charge in [0, 0.05) is 6.61 Å². The van der Waals surface area contributed by atoms with E-state index in [1.165, 1.54) is 64.2 Å². The topological polar surface area (TPSA) is 20.2 Å². The van der Waals surface area contributed by atoms with Crippen LogP contribution in [0, 0.1) is 0 Å². The van der Waals surface area contributed by atoms with Gasteiger partial charge in [-0.2, -0.15) is 0 Å². The van der Waals surface area contributed by atoms with E-state index in [1.54, 1.807) is 0 Å². The second-order valence-electron chi connectivity index (χ2n) is 6.85. The van der Waals surface area contributed by atoms with Crippen LogP contribution in [-0.4, -0.2) is 17.9 Å². The van der Waals surface area contributed by atoms with Crippen molar-refractivity contribution >= 4 is 0 Å². The predicted molar refractivity (Wildman–Crippen MR) is 96.1 cm³/mol. The number of aliphatic hydroxyl groups is 1. The molecule has 0 rings (SSSR count). The molecule has 134 valence electrons. The molecule has 0 saturated carbocycles. The Morgan fingerprint density at radius 2 is 0.955 bits per heavy atom. The average molecular weight is 317 g/mol. The molecule has 0 aliphatic carbocycles. The van der Waals surface area contributed by atoms with Crippen LogP contribution in [-0.2, 0) is 0 Å². The van der Waals surface area contributed by atoms with Crippen LogP contribution in [0.4, 0.5) is 4.39 Å². The quantitative estimate of drug-likeness (QED) is 0.271. The molecule has 0 bridgehead atoms. The summed E-state index contributed by atoms with van der Waals surface area (Å²) in [7, 11) is 0. The van der Waals surface area contributed by atoms with E-state index in [-0.39, 0.29) is 0 Å². The van der Waals surface area contributed by atoms with E-state index in [0.29, 0.717) is 6.61 Å². The van der Waals surface area contributed by atoms with Gasteiger partial charge in [-0.15, -0.1) is 0 Å². The highest BCUT2D eigenvalue weighted by Gasteiger charge is 2.05. The molecule has 2 heteroatoms. The molecule has 1 N–H and O–H groups in total. The molecule has 0 aromatic rings. The van der Waals surface area contributed by atoms with Crippen LogP contribution in [0.3, 0.4) is 0 Å². The summed E-state index contributed by atoms with van der Waals surface area (Å²) in [6.45, 7) is 2.57. The number of hydrogen-bond acceptors (Lipinski definition) is 1. The van der Waals surface area contributed by atoms with Crippen LogP contribution in [0.5, 0.6) is 0 Å². The zero-order valence-electron chi connectivity index (χ0n) is 15.1. The highest BCUT2D eigenvalue weighted by atomic mass is 19.1. The molecule has 0 amide bonds. The average Bonchev–Trinajstić information content (AvgIpc) is 2.52. The predicted octanol–water partition coefficient (Wildman–Crippen LogP) is 6.97. The molecule has 0 aliphatic rings. The molecule has 1 nitrogen and oxygen atoms in total. The molecule has 0 saturated heterocycles. The maximum atomic E-state index is 13.7. The molecule has 0 aromatic heterocycles. The molecule has 1 atom stereocenters. The number of halogens is 1. The second-order valence-corrected chi connectivity index (χ2v) is 6.85. The van der Waals surface area contributed by atoms with E-state index >= 15 is 0 Å². The Hall–Kier alpha value is -0.110. The second kappa shape index (κ2) is 18.9. The lowest BCUT2D eigenvalue weighted by Crippen LogP contribution is -2.00. The summed E-state index contributed by atoms with van der Waals surface area (Å²) in [5, 5.41) is 8.68. The monoisotopic (exact) mass is 316 g/mol. The van der Waals surface area contributed by atoms with Crippen LogP contribution < -0.4 is 0 Å². The maximum Gasteiger partial charge on any atom is 0.100 e. The van der Waals surface area contributed by atoms with Gasteiger partial charge in [-0.05, 0) is 19.3 Å². The first kappa shape index (κ1) is 21.9. The van der Waals surface area contributed by atoms with Crippen molar-refractivity contribution in [3.8, 4) is 0 Å². The van der Waals surface area contributed by atoms with Crippen molar-refractivity contribution in [2.24, 2.45) is 0 Å². The summed E-state index contributed by atoms with van der Waals surface area (Å²) in [4.78, 5) is 0. The minimum atomic E-state index is -0.568. The Balaban J connectivity index is 3.11. The molecule has 0 spiro atoms. The van der Waals surface area contributed by atoms with Gasteiger partial charge in [0.15, 0.2) is 0 Å². The van der Waals surface area contributed by atoms with Crippen molar-refractivity contribution < 1.29 is 9.50 Å². The lowest BCUT2D eigenvalue weighted by molar-refractivity contribution is 0.275. The summed E-state index contributed by atoms with van der Waals surface area (Å²) in [6.07, 6.45) is 19.4. The van der Waals surface area contributed by atoms with Gasteiger partial charge < -0.3 is 5.11 Å². The van der Waals surface area contributed by atoms with Crippen molar-refractivity contribution in [2.45, 2.75) is 122 Å². The zero-order valence-corrected chi connectivity index (χ0v) is 15.1. The van der Waals surface area contributed by atoms with Crippen molar-refractivity contribution in [3.05, 3.63) is 0 Å². The Bertz CT molecular complexity index is 196. The third-order valence-corrected chi connectivity index (χ3v) is 4.55. The smallest absolute Gasteiger partial charge is 0.100 e. The molecule has 0 aliphatic heterocycles. The first-order chi connectivity index (χ1) is 10.8. The summed E-state index contributed by atoms with van der Waals surface area (Å²) < 4.78 is 13.7. The Morgan fingerprint density at radius 3 is 1.36 bits per heavy atom. The molecular weight excluding hydrogens is 275 g/mol. The highest BCUT2D eigenvalue weighted by Crippen LogP contribution is 2.16. The number of hydrogen-bond donors (Lipinski definition) is 1. The van der Waals surface area contributed by atoms with Gasteiger partial charge in [0.05, 0.1) is 0 Å². The van der Waals surface area contributed by atoms with Crippen LogP contribution in [0.1, 0.15) is 116 Å². The molecule has 0 radical (unpaired) electrons. The third kappa shape index (κ3) is 17.9. The van der Waals surface area contributed by atoms with Gasteiger partial charge in [0.1, 0.15) is 6.17 Å². The van der Waals surface area contributed by atoms with Gasteiger partial charge in [0.2, 0.25) is 0 Å². The van der Waals surface area contributed by atoms with Crippen LogP contribution >= 0.6 is 0 Å². The van der Waals surface area contributed by atoms with E-state index in [9.17, 15) is 4.39 Å². The van der Waals surface area contributed by atoms with Gasteiger partial charge in [0.25, 0.3) is 0 Å². The van der Waals surface area contributed by atoms with E-state index in [4.69, 9.17) is 5.11 Å². The Labute approximate surface area is 139 Å². The highest BCUT2D eigenvalue weighted by molar-refractivity contribution is 4.58. The molecular formula is C20H41FO. The molecule has 0 aromatic carbocycles. The van der Waals surface area contributed by atoms with Crippen LogP contribution in [0.25, 0.3) is 0 Å². The number of alkyl halides is 1. The van der Waals surface area contributed by atoms with Crippen molar-refractivity contribution in [1.82, 2.24) is 0 Å². The molecule has 22 heavy (non-hydrogen) atoms. The zero-order chi connectivity index (χ0) is 16.3. The van der Waals surface area contributed by atoms with Crippen molar-refractivity contribution in [3.63, 3.8) is 0 Å². The van der Waals surface area contributed by atoms with Gasteiger partial charge in [-0.1, -0.05) is 96.8 Å². The third-order valence-electron chi connectivity index (χ3n) is 4.55. The molecule has 0 heterocycles. The summed E-state index contributed by atoms with van der Waals surface area (Å²) in [5.41, 5.74) is 0. The fraction of sp³-hybridized carbons (Fsp3) is 1.00. The van der Waals surface area contributed by atoms with E-state index in [1.807, 2.05) is 0 Å².